The van der Waals surface area contributed by atoms with Gasteiger partial charge in [-0.1, -0.05) is 12.1 Å². The summed E-state index contributed by atoms with van der Waals surface area (Å²) in [6.07, 6.45) is -0.836. The molecule has 2 rings (SSSR count). The fourth-order valence-corrected chi connectivity index (χ4v) is 1.30. The number of benzene rings is 1. The van der Waals surface area contributed by atoms with Crippen molar-refractivity contribution < 1.29 is 9.18 Å². The summed E-state index contributed by atoms with van der Waals surface area (Å²) < 4.78 is 12.4. The normalized spacial score (nSPS) is 16.8. The maximum absolute atomic E-state index is 12.4. The Kier molecular flexibility index (Phi) is 2.00. The maximum atomic E-state index is 12.4. The third-order valence-electron chi connectivity index (χ3n) is 2.08. The lowest BCUT2D eigenvalue weighted by Crippen LogP contribution is -2.51. The fraction of sp³-hybridized carbons (Fsp3) is 0.300. The van der Waals surface area contributed by atoms with Crippen molar-refractivity contribution >= 4 is 5.91 Å². The monoisotopic (exact) mass is 178 g/mol. The van der Waals surface area contributed by atoms with Gasteiger partial charge in [-0.15, -0.1) is 0 Å². The van der Waals surface area contributed by atoms with Gasteiger partial charge in [0.05, 0.1) is 13.1 Å². The standard InChI is InChI=1S/C10H9FNO/c11-9-6-12(7-9)10(13)8-4-2-1-3-5-8/h1-2,4-5,9H,6-7H2. The molecule has 1 aromatic carbocycles. The number of likely N-dealkylation sites (tertiary alicyclic amines) is 1. The van der Waals surface area contributed by atoms with Gasteiger partial charge >= 0.3 is 0 Å². The van der Waals surface area contributed by atoms with Crippen LogP contribution in [-0.4, -0.2) is 30.1 Å². The average Bonchev–Trinajstić information content (AvgIpc) is 2.13. The van der Waals surface area contributed by atoms with Gasteiger partial charge in [-0.05, 0) is 18.2 Å². The summed E-state index contributed by atoms with van der Waals surface area (Å²) in [6.45, 7) is 0.460. The van der Waals surface area contributed by atoms with Gasteiger partial charge in [0.1, 0.15) is 6.17 Å². The van der Waals surface area contributed by atoms with E-state index in [1.165, 1.54) is 4.90 Å². The quantitative estimate of drug-likeness (QED) is 0.634. The van der Waals surface area contributed by atoms with Crippen molar-refractivity contribution in [2.75, 3.05) is 13.1 Å². The molecule has 3 heteroatoms. The summed E-state index contributed by atoms with van der Waals surface area (Å²) in [6, 6.07) is 9.62. The van der Waals surface area contributed by atoms with Gasteiger partial charge < -0.3 is 4.90 Å². The largest absolute Gasteiger partial charge is 0.333 e. The van der Waals surface area contributed by atoms with E-state index in [2.05, 4.69) is 6.07 Å². The molecule has 1 amide bonds. The van der Waals surface area contributed by atoms with Crippen molar-refractivity contribution in [1.29, 1.82) is 0 Å². The molecule has 0 spiro atoms. The Bertz CT molecular complexity index is 306. The molecule has 0 saturated carbocycles. The molecule has 1 aromatic rings. The first-order valence-electron chi connectivity index (χ1n) is 4.17. The zero-order valence-electron chi connectivity index (χ0n) is 7.03. The van der Waals surface area contributed by atoms with E-state index in [0.29, 0.717) is 5.56 Å². The van der Waals surface area contributed by atoms with E-state index in [1.54, 1.807) is 24.3 Å². The summed E-state index contributed by atoms with van der Waals surface area (Å²) >= 11 is 0. The van der Waals surface area contributed by atoms with E-state index in [9.17, 15) is 9.18 Å². The SMILES string of the molecule is O=C(c1c[c]ccc1)N1CC(F)C1. The number of hydrogen-bond donors (Lipinski definition) is 0. The van der Waals surface area contributed by atoms with Crippen LogP contribution in [0.5, 0.6) is 0 Å². The predicted molar refractivity (Wildman–Crippen MR) is 46.1 cm³/mol. The van der Waals surface area contributed by atoms with Gasteiger partial charge in [-0.25, -0.2) is 4.39 Å². The smallest absolute Gasteiger partial charge is 0.254 e. The highest BCUT2D eigenvalue weighted by Gasteiger charge is 2.30. The van der Waals surface area contributed by atoms with Crippen LogP contribution < -0.4 is 0 Å². The highest BCUT2D eigenvalue weighted by molar-refractivity contribution is 5.94. The molecular formula is C10H9FNO. The molecular weight excluding hydrogens is 169 g/mol. The van der Waals surface area contributed by atoms with Gasteiger partial charge in [0.2, 0.25) is 0 Å². The molecule has 1 fully saturated rings. The summed E-state index contributed by atoms with van der Waals surface area (Å²) in [5.41, 5.74) is 0.578. The molecule has 1 heterocycles. The molecule has 0 aromatic heterocycles. The average molecular weight is 178 g/mol. The molecule has 13 heavy (non-hydrogen) atoms. The number of carbonyl (C=O) groups excluding carboxylic acids is 1. The fourth-order valence-electron chi connectivity index (χ4n) is 1.30. The van der Waals surface area contributed by atoms with Crippen molar-refractivity contribution in [2.24, 2.45) is 0 Å². The van der Waals surface area contributed by atoms with Crippen molar-refractivity contribution in [3.8, 4) is 0 Å². The van der Waals surface area contributed by atoms with E-state index in [4.69, 9.17) is 0 Å². The van der Waals surface area contributed by atoms with E-state index in [0.717, 1.165) is 0 Å². The third kappa shape index (κ3) is 1.54. The first-order valence-corrected chi connectivity index (χ1v) is 4.17. The number of halogens is 1. The van der Waals surface area contributed by atoms with Crippen LogP contribution in [0.2, 0.25) is 0 Å². The van der Waals surface area contributed by atoms with Gasteiger partial charge in [-0.2, -0.15) is 0 Å². The lowest BCUT2D eigenvalue weighted by Gasteiger charge is -2.34. The number of nitrogens with zero attached hydrogens (tertiary/aromatic N) is 1. The summed E-state index contributed by atoms with van der Waals surface area (Å²) in [7, 11) is 0. The number of carbonyl (C=O) groups is 1. The zero-order valence-corrected chi connectivity index (χ0v) is 7.03. The maximum Gasteiger partial charge on any atom is 0.254 e. The number of alkyl halides is 1. The van der Waals surface area contributed by atoms with Crippen molar-refractivity contribution in [3.05, 3.63) is 35.9 Å². The van der Waals surface area contributed by atoms with Crippen molar-refractivity contribution in [2.45, 2.75) is 6.17 Å². The molecule has 0 atom stereocenters. The van der Waals surface area contributed by atoms with E-state index in [-0.39, 0.29) is 19.0 Å². The topological polar surface area (TPSA) is 20.3 Å². The second kappa shape index (κ2) is 3.17. The molecule has 0 unspecified atom stereocenters. The van der Waals surface area contributed by atoms with Crippen LogP contribution in [0.25, 0.3) is 0 Å². The first kappa shape index (κ1) is 8.23. The lowest BCUT2D eigenvalue weighted by molar-refractivity contribution is 0.0400. The summed E-state index contributed by atoms with van der Waals surface area (Å²) in [4.78, 5) is 13.0. The van der Waals surface area contributed by atoms with Crippen LogP contribution in [0, 0.1) is 6.07 Å². The highest BCUT2D eigenvalue weighted by atomic mass is 19.1. The Morgan fingerprint density at radius 2 is 2.38 bits per heavy atom. The van der Waals surface area contributed by atoms with E-state index in [1.807, 2.05) is 0 Å². The second-order valence-electron chi connectivity index (χ2n) is 3.10. The number of rotatable bonds is 1. The van der Waals surface area contributed by atoms with Crippen molar-refractivity contribution in [1.82, 2.24) is 4.90 Å². The highest BCUT2D eigenvalue weighted by Crippen LogP contribution is 2.14. The molecule has 67 valence electrons. The molecule has 1 aliphatic rings. The Balaban J connectivity index is 2.06. The Morgan fingerprint density at radius 1 is 1.62 bits per heavy atom. The minimum absolute atomic E-state index is 0.106. The number of hydrogen-bond acceptors (Lipinski definition) is 1. The van der Waals surface area contributed by atoms with Crippen molar-refractivity contribution in [3.63, 3.8) is 0 Å². The van der Waals surface area contributed by atoms with E-state index < -0.39 is 6.17 Å². The van der Waals surface area contributed by atoms with Gasteiger partial charge in [0, 0.05) is 5.56 Å². The van der Waals surface area contributed by atoms with Crippen LogP contribution in [0.1, 0.15) is 10.4 Å². The minimum atomic E-state index is -0.836. The molecule has 1 aliphatic heterocycles. The van der Waals surface area contributed by atoms with Gasteiger partial charge in [0.25, 0.3) is 5.91 Å². The van der Waals surface area contributed by atoms with Crippen LogP contribution in [0.3, 0.4) is 0 Å². The molecule has 1 saturated heterocycles. The second-order valence-corrected chi connectivity index (χ2v) is 3.10. The minimum Gasteiger partial charge on any atom is -0.333 e. The summed E-state index contributed by atoms with van der Waals surface area (Å²) in [5.74, 6) is -0.106. The molecule has 0 bridgehead atoms. The lowest BCUT2D eigenvalue weighted by atomic mass is 10.1. The Labute approximate surface area is 76.0 Å². The molecule has 1 radical (unpaired) electrons. The predicted octanol–water partition coefficient (Wildman–Crippen LogP) is 1.28. The van der Waals surface area contributed by atoms with E-state index >= 15 is 0 Å². The van der Waals surface area contributed by atoms with Crippen LogP contribution in [0.15, 0.2) is 24.3 Å². The molecule has 0 N–H and O–H groups in total. The first-order chi connectivity index (χ1) is 6.27. The number of amides is 1. The van der Waals surface area contributed by atoms with Crippen LogP contribution >= 0.6 is 0 Å². The van der Waals surface area contributed by atoms with Crippen LogP contribution in [-0.2, 0) is 0 Å². The zero-order chi connectivity index (χ0) is 9.26. The third-order valence-corrected chi connectivity index (χ3v) is 2.08. The summed E-state index contributed by atoms with van der Waals surface area (Å²) in [5, 5.41) is 0. The molecule has 0 aliphatic carbocycles. The van der Waals surface area contributed by atoms with Gasteiger partial charge in [-0.3, -0.25) is 4.79 Å². The molecule has 2 nitrogen and oxygen atoms in total. The van der Waals surface area contributed by atoms with Crippen LogP contribution in [0.4, 0.5) is 4.39 Å². The van der Waals surface area contributed by atoms with Gasteiger partial charge in [0.15, 0.2) is 0 Å². The Morgan fingerprint density at radius 3 is 2.92 bits per heavy atom. The Hall–Kier alpha value is -1.38.